The van der Waals surface area contributed by atoms with Crippen LogP contribution in [0.2, 0.25) is 5.02 Å². The molecule has 1 heterocycles. The van der Waals surface area contributed by atoms with Gasteiger partial charge in [0.1, 0.15) is 6.04 Å². The van der Waals surface area contributed by atoms with E-state index in [0.29, 0.717) is 21.8 Å². The predicted octanol–water partition coefficient (Wildman–Crippen LogP) is 4.22. The first-order valence-electron chi connectivity index (χ1n) is 8.07. The molecule has 0 aliphatic heterocycles. The average molecular weight is 389 g/mol. The lowest BCUT2D eigenvalue weighted by Gasteiger charge is -2.15. The molecule has 0 fully saturated rings. The fourth-order valence-electron chi connectivity index (χ4n) is 2.71. The quantitative estimate of drug-likeness (QED) is 0.628. The molecule has 0 N–H and O–H groups in total. The van der Waals surface area contributed by atoms with Crippen molar-refractivity contribution >= 4 is 45.0 Å². The number of halogens is 1. The summed E-state index contributed by atoms with van der Waals surface area (Å²) in [6.45, 7) is 1.89. The summed E-state index contributed by atoms with van der Waals surface area (Å²) in [4.78, 5) is 29.6. The normalized spacial score (nSPS) is 13.0. The molecule has 134 valence electrons. The molecule has 5 nitrogen and oxygen atoms in total. The van der Waals surface area contributed by atoms with E-state index in [4.69, 9.17) is 16.3 Å². The second-order valence-electron chi connectivity index (χ2n) is 5.59. The number of hydrogen-bond acceptors (Lipinski definition) is 4. The molecule has 3 rings (SSSR count). The van der Waals surface area contributed by atoms with Crippen molar-refractivity contribution in [2.45, 2.75) is 19.4 Å². The molecule has 0 saturated carbocycles. The minimum Gasteiger partial charge on any atom is -0.467 e. The summed E-state index contributed by atoms with van der Waals surface area (Å²) >= 11 is 7.23. The monoisotopic (exact) mass is 388 g/mol. The smallest absolute Gasteiger partial charge is 0.328 e. The van der Waals surface area contributed by atoms with Crippen molar-refractivity contribution in [2.75, 3.05) is 7.11 Å². The molecular formula is C19H17ClN2O3S. The van der Waals surface area contributed by atoms with Crippen molar-refractivity contribution in [1.29, 1.82) is 0 Å². The number of rotatable bonds is 4. The van der Waals surface area contributed by atoms with Crippen LogP contribution in [0.15, 0.2) is 53.5 Å². The number of aromatic nitrogens is 1. The fraction of sp³-hybridized carbons (Fsp3) is 0.211. The van der Waals surface area contributed by atoms with Crippen LogP contribution in [0, 0.1) is 0 Å². The highest BCUT2D eigenvalue weighted by Crippen LogP contribution is 2.23. The van der Waals surface area contributed by atoms with Crippen LogP contribution in [0.5, 0.6) is 0 Å². The minimum absolute atomic E-state index is 0.364. The van der Waals surface area contributed by atoms with E-state index >= 15 is 0 Å². The van der Waals surface area contributed by atoms with Crippen LogP contribution < -0.4 is 4.80 Å². The van der Waals surface area contributed by atoms with Crippen molar-refractivity contribution in [3.8, 4) is 0 Å². The van der Waals surface area contributed by atoms with Gasteiger partial charge in [-0.3, -0.25) is 4.79 Å². The van der Waals surface area contributed by atoms with Gasteiger partial charge in [-0.15, -0.1) is 0 Å². The minimum atomic E-state index is -0.548. The average Bonchev–Trinajstić information content (AvgIpc) is 3.00. The Kier molecular flexibility index (Phi) is 5.54. The van der Waals surface area contributed by atoms with Crippen molar-refractivity contribution in [3.05, 3.63) is 63.9 Å². The molecule has 0 saturated heterocycles. The fourth-order valence-corrected chi connectivity index (χ4v) is 3.90. The first-order chi connectivity index (χ1) is 12.5. The van der Waals surface area contributed by atoms with E-state index in [1.807, 2.05) is 31.2 Å². The Labute approximate surface area is 159 Å². The molecule has 1 unspecified atom stereocenters. The van der Waals surface area contributed by atoms with E-state index in [-0.39, 0.29) is 11.9 Å². The second kappa shape index (κ2) is 7.85. The molecule has 3 aromatic rings. The van der Waals surface area contributed by atoms with Crippen molar-refractivity contribution in [3.63, 3.8) is 0 Å². The van der Waals surface area contributed by atoms with Gasteiger partial charge in [0, 0.05) is 10.6 Å². The number of hydrogen-bond donors (Lipinski definition) is 0. The Morgan fingerprint density at radius 1 is 1.19 bits per heavy atom. The van der Waals surface area contributed by atoms with Crippen LogP contribution in [-0.4, -0.2) is 23.6 Å². The maximum absolute atomic E-state index is 12.6. The number of thiazole rings is 1. The van der Waals surface area contributed by atoms with Crippen LogP contribution >= 0.6 is 22.9 Å². The number of para-hydroxylation sites is 1. The third kappa shape index (κ3) is 3.57. The largest absolute Gasteiger partial charge is 0.467 e. The Hall–Kier alpha value is -2.44. The van der Waals surface area contributed by atoms with Crippen LogP contribution in [0.3, 0.4) is 0 Å². The molecule has 7 heteroatoms. The van der Waals surface area contributed by atoms with Crippen LogP contribution in [-0.2, 0) is 9.53 Å². The van der Waals surface area contributed by atoms with E-state index in [1.54, 1.807) is 28.8 Å². The van der Waals surface area contributed by atoms with Gasteiger partial charge in [-0.05, 0) is 42.8 Å². The summed E-state index contributed by atoms with van der Waals surface area (Å²) < 4.78 is 7.66. The number of benzene rings is 2. The summed E-state index contributed by atoms with van der Waals surface area (Å²) in [5.41, 5.74) is 1.28. The maximum Gasteiger partial charge on any atom is 0.328 e. The third-order valence-corrected chi connectivity index (χ3v) is 5.28. The molecule has 1 amide bonds. The van der Waals surface area contributed by atoms with Gasteiger partial charge in [0.2, 0.25) is 0 Å². The predicted molar refractivity (Wildman–Crippen MR) is 103 cm³/mol. The number of methoxy groups -OCH3 is 1. The molecule has 0 spiro atoms. The summed E-state index contributed by atoms with van der Waals surface area (Å²) in [6, 6.07) is 13.6. The number of amides is 1. The molecule has 0 aliphatic carbocycles. The molecule has 1 atom stereocenters. The van der Waals surface area contributed by atoms with E-state index in [2.05, 4.69) is 4.99 Å². The standard InChI is InChI=1S/C19H17ClN2O3S/c1-3-14(18(24)25-2)22-15-6-4-5-7-16(15)26-19(22)21-17(23)12-8-10-13(20)11-9-12/h4-11,14H,3H2,1-2H3. The van der Waals surface area contributed by atoms with Gasteiger partial charge in [0.25, 0.3) is 5.91 Å². The summed E-state index contributed by atoms with van der Waals surface area (Å²) in [5.74, 6) is -0.752. The summed E-state index contributed by atoms with van der Waals surface area (Å²) in [5, 5.41) is 0.551. The number of ether oxygens (including phenoxy) is 1. The number of nitrogens with zero attached hydrogens (tertiary/aromatic N) is 2. The first kappa shape index (κ1) is 18.4. The van der Waals surface area contributed by atoms with Gasteiger partial charge in [0.05, 0.1) is 17.3 Å². The van der Waals surface area contributed by atoms with Crippen molar-refractivity contribution in [2.24, 2.45) is 4.99 Å². The zero-order valence-electron chi connectivity index (χ0n) is 14.3. The van der Waals surface area contributed by atoms with Gasteiger partial charge in [-0.1, -0.05) is 42.0 Å². The van der Waals surface area contributed by atoms with Gasteiger partial charge in [-0.25, -0.2) is 4.79 Å². The van der Waals surface area contributed by atoms with Crippen LogP contribution in [0.25, 0.3) is 10.2 Å². The molecule has 1 aromatic heterocycles. The number of esters is 1. The molecule has 0 bridgehead atoms. The number of carbonyl (C=O) groups is 2. The lowest BCUT2D eigenvalue weighted by atomic mass is 10.2. The Morgan fingerprint density at radius 2 is 1.88 bits per heavy atom. The van der Waals surface area contributed by atoms with Crippen molar-refractivity contribution in [1.82, 2.24) is 4.57 Å². The number of fused-ring (bicyclic) bond motifs is 1. The second-order valence-corrected chi connectivity index (χ2v) is 7.04. The molecular weight excluding hydrogens is 372 g/mol. The summed E-state index contributed by atoms with van der Waals surface area (Å²) in [6.07, 6.45) is 0.524. The topological polar surface area (TPSA) is 60.7 Å². The molecule has 2 aromatic carbocycles. The lowest BCUT2D eigenvalue weighted by molar-refractivity contribution is -0.144. The molecule has 0 radical (unpaired) electrons. The Balaban J connectivity index is 2.18. The zero-order chi connectivity index (χ0) is 18.7. The van der Waals surface area contributed by atoms with E-state index in [9.17, 15) is 9.59 Å². The summed E-state index contributed by atoms with van der Waals surface area (Å²) in [7, 11) is 1.36. The highest BCUT2D eigenvalue weighted by Gasteiger charge is 2.23. The Bertz CT molecular complexity index is 1020. The van der Waals surface area contributed by atoms with Crippen molar-refractivity contribution < 1.29 is 14.3 Å². The lowest BCUT2D eigenvalue weighted by Crippen LogP contribution is -2.28. The van der Waals surface area contributed by atoms with Gasteiger partial charge >= 0.3 is 5.97 Å². The third-order valence-electron chi connectivity index (χ3n) is 3.99. The van der Waals surface area contributed by atoms with Gasteiger partial charge in [0.15, 0.2) is 4.80 Å². The maximum atomic E-state index is 12.6. The van der Waals surface area contributed by atoms with E-state index in [1.165, 1.54) is 18.4 Å². The highest BCUT2D eigenvalue weighted by atomic mass is 35.5. The van der Waals surface area contributed by atoms with Gasteiger partial charge in [-0.2, -0.15) is 4.99 Å². The van der Waals surface area contributed by atoms with Crippen LogP contribution in [0.1, 0.15) is 29.7 Å². The van der Waals surface area contributed by atoms with E-state index in [0.717, 1.165) is 10.2 Å². The number of carbonyl (C=O) groups excluding carboxylic acids is 2. The molecule has 0 aliphatic rings. The first-order valence-corrected chi connectivity index (χ1v) is 9.27. The highest BCUT2D eigenvalue weighted by molar-refractivity contribution is 7.16. The van der Waals surface area contributed by atoms with Gasteiger partial charge < -0.3 is 9.30 Å². The van der Waals surface area contributed by atoms with E-state index < -0.39 is 6.04 Å². The SMILES string of the molecule is CCC(C(=O)OC)n1c(=NC(=O)c2ccc(Cl)cc2)sc2ccccc21. The molecule has 26 heavy (non-hydrogen) atoms. The Morgan fingerprint density at radius 3 is 2.54 bits per heavy atom. The van der Waals surface area contributed by atoms with Crippen LogP contribution in [0.4, 0.5) is 0 Å². The zero-order valence-corrected chi connectivity index (χ0v) is 15.9.